The van der Waals surface area contributed by atoms with Gasteiger partial charge in [-0.15, -0.1) is 0 Å². The van der Waals surface area contributed by atoms with Gasteiger partial charge < -0.3 is 10.0 Å². The Kier molecular flexibility index (Phi) is 2.97. The normalized spacial score (nSPS) is 20.4. The molecule has 2 fully saturated rings. The maximum atomic E-state index is 13.3. The van der Waals surface area contributed by atoms with Crippen molar-refractivity contribution in [3.05, 3.63) is 34.6 Å². The van der Waals surface area contributed by atoms with E-state index in [0.29, 0.717) is 25.9 Å². The van der Waals surface area contributed by atoms with Crippen LogP contribution in [0.2, 0.25) is 5.02 Å². The van der Waals surface area contributed by atoms with E-state index in [1.807, 2.05) is 0 Å². The number of aliphatic carboxylic acids is 1. The molecule has 1 aromatic carbocycles. The third-order valence-electron chi connectivity index (χ3n) is 4.23. The third-order valence-corrected chi connectivity index (χ3v) is 4.61. The molecule has 2 aliphatic rings. The predicted molar refractivity (Wildman–Crippen MR) is 70.1 cm³/mol. The van der Waals surface area contributed by atoms with E-state index >= 15 is 0 Å². The van der Waals surface area contributed by atoms with Gasteiger partial charge in [-0.2, -0.15) is 0 Å². The second-order valence-electron chi connectivity index (χ2n) is 5.71. The van der Waals surface area contributed by atoms with Crippen LogP contribution in [-0.4, -0.2) is 35.0 Å². The lowest BCUT2D eigenvalue weighted by Gasteiger charge is -2.58. The molecule has 106 valence electrons. The molecule has 0 unspecified atom stereocenters. The van der Waals surface area contributed by atoms with Gasteiger partial charge in [-0.1, -0.05) is 17.7 Å². The molecule has 1 aromatic rings. The molecule has 1 saturated heterocycles. The number of carbonyl (C=O) groups is 2. The number of carboxylic acids is 1. The largest absolute Gasteiger partial charge is 0.481 e. The van der Waals surface area contributed by atoms with Gasteiger partial charge in [0.05, 0.1) is 16.5 Å². The van der Waals surface area contributed by atoms with Crippen molar-refractivity contribution in [3.63, 3.8) is 0 Å². The van der Waals surface area contributed by atoms with Crippen molar-refractivity contribution in [2.24, 2.45) is 11.3 Å². The summed E-state index contributed by atoms with van der Waals surface area (Å²) in [6.45, 7) is 1.06. The smallest absolute Gasteiger partial charge is 0.306 e. The van der Waals surface area contributed by atoms with Crippen molar-refractivity contribution in [2.75, 3.05) is 13.1 Å². The van der Waals surface area contributed by atoms with Gasteiger partial charge in [0.25, 0.3) is 5.91 Å². The van der Waals surface area contributed by atoms with Gasteiger partial charge >= 0.3 is 5.97 Å². The van der Waals surface area contributed by atoms with Crippen LogP contribution in [0.15, 0.2) is 18.2 Å². The first kappa shape index (κ1) is 13.4. The molecule has 0 aromatic heterocycles. The van der Waals surface area contributed by atoms with Crippen LogP contribution in [0.25, 0.3) is 0 Å². The number of hydrogen-bond acceptors (Lipinski definition) is 2. The lowest BCUT2D eigenvalue weighted by molar-refractivity contribution is -0.157. The van der Waals surface area contributed by atoms with E-state index in [1.54, 1.807) is 4.90 Å². The van der Waals surface area contributed by atoms with Crippen molar-refractivity contribution in [2.45, 2.75) is 12.8 Å². The fourth-order valence-electron chi connectivity index (χ4n) is 3.16. The van der Waals surface area contributed by atoms with Crippen molar-refractivity contribution in [1.82, 2.24) is 4.90 Å². The number of rotatable bonds is 2. The minimum absolute atomic E-state index is 0.0431. The summed E-state index contributed by atoms with van der Waals surface area (Å²) in [6.07, 6.45) is 1.23. The molecule has 3 rings (SSSR count). The summed E-state index contributed by atoms with van der Waals surface area (Å²) in [6, 6.07) is 4.16. The highest BCUT2D eigenvalue weighted by molar-refractivity contribution is 6.34. The van der Waals surface area contributed by atoms with Crippen LogP contribution in [0.1, 0.15) is 23.2 Å². The fraction of sp³-hybridized carbons (Fsp3) is 0.429. The van der Waals surface area contributed by atoms with E-state index in [2.05, 4.69) is 0 Å². The highest BCUT2D eigenvalue weighted by atomic mass is 35.5. The summed E-state index contributed by atoms with van der Waals surface area (Å²) < 4.78 is 13.3. The average Bonchev–Trinajstić information content (AvgIpc) is 2.28. The molecule has 1 spiro atoms. The molecule has 1 amide bonds. The SMILES string of the molecule is O=C(O)C1CC2(C1)CN(C(=O)c1cccc(F)c1Cl)C2. The van der Waals surface area contributed by atoms with Crippen LogP contribution in [-0.2, 0) is 4.79 Å². The van der Waals surface area contributed by atoms with Gasteiger partial charge in [-0.3, -0.25) is 9.59 Å². The molecule has 0 bridgehead atoms. The Labute approximate surface area is 120 Å². The van der Waals surface area contributed by atoms with Gasteiger partial charge in [0.1, 0.15) is 5.82 Å². The van der Waals surface area contributed by atoms with E-state index in [0.717, 1.165) is 0 Å². The Morgan fingerprint density at radius 1 is 1.35 bits per heavy atom. The number of halogens is 2. The lowest BCUT2D eigenvalue weighted by Crippen LogP contribution is -2.64. The fourth-order valence-corrected chi connectivity index (χ4v) is 3.37. The van der Waals surface area contributed by atoms with Crippen molar-refractivity contribution in [3.8, 4) is 0 Å². The molecule has 20 heavy (non-hydrogen) atoms. The summed E-state index contributed by atoms with van der Waals surface area (Å²) in [5.74, 6) is -1.96. The molecular weight excluding hydrogens is 285 g/mol. The highest BCUT2D eigenvalue weighted by Crippen LogP contribution is 2.52. The third kappa shape index (κ3) is 1.97. The van der Waals surface area contributed by atoms with Crippen LogP contribution in [0, 0.1) is 17.2 Å². The molecule has 0 radical (unpaired) electrons. The number of benzene rings is 1. The number of hydrogen-bond donors (Lipinski definition) is 1. The minimum Gasteiger partial charge on any atom is -0.481 e. The Morgan fingerprint density at radius 3 is 2.60 bits per heavy atom. The van der Waals surface area contributed by atoms with Crippen molar-refractivity contribution in [1.29, 1.82) is 0 Å². The Hall–Kier alpha value is -1.62. The number of amides is 1. The molecular formula is C14H13ClFNO3. The number of carbonyl (C=O) groups excluding carboxylic acids is 1. The summed E-state index contributed by atoms with van der Waals surface area (Å²) in [5, 5.41) is 8.71. The maximum Gasteiger partial charge on any atom is 0.306 e. The number of likely N-dealkylation sites (tertiary alicyclic amines) is 1. The van der Waals surface area contributed by atoms with Crippen molar-refractivity contribution < 1.29 is 19.1 Å². The van der Waals surface area contributed by atoms with Crippen LogP contribution in [0.4, 0.5) is 4.39 Å². The first-order valence-electron chi connectivity index (χ1n) is 6.38. The topological polar surface area (TPSA) is 57.6 Å². The second kappa shape index (κ2) is 4.45. The molecule has 0 atom stereocenters. The van der Waals surface area contributed by atoms with Gasteiger partial charge in [-0.05, 0) is 25.0 Å². The van der Waals surface area contributed by atoms with E-state index in [1.165, 1.54) is 18.2 Å². The lowest BCUT2D eigenvalue weighted by atomic mass is 9.57. The Bertz CT molecular complexity index is 590. The van der Waals surface area contributed by atoms with E-state index in [9.17, 15) is 14.0 Å². The van der Waals surface area contributed by atoms with Crippen LogP contribution >= 0.6 is 11.6 Å². The zero-order valence-corrected chi connectivity index (χ0v) is 11.4. The number of carboxylic acid groups (broad SMARTS) is 1. The van der Waals surface area contributed by atoms with Crippen LogP contribution < -0.4 is 0 Å². The van der Waals surface area contributed by atoms with Crippen LogP contribution in [0.3, 0.4) is 0 Å². The van der Waals surface area contributed by atoms with Gasteiger partial charge in [0.15, 0.2) is 0 Å². The maximum absolute atomic E-state index is 13.3. The average molecular weight is 298 g/mol. The molecule has 6 heteroatoms. The zero-order valence-electron chi connectivity index (χ0n) is 10.6. The summed E-state index contributed by atoms with van der Waals surface area (Å²) >= 11 is 5.80. The van der Waals surface area contributed by atoms with Crippen LogP contribution in [0.5, 0.6) is 0 Å². The summed E-state index contributed by atoms with van der Waals surface area (Å²) in [5.41, 5.74) is 0.119. The van der Waals surface area contributed by atoms with Gasteiger partial charge in [0.2, 0.25) is 0 Å². The summed E-state index contributed by atoms with van der Waals surface area (Å²) in [7, 11) is 0. The zero-order chi connectivity index (χ0) is 14.5. The van der Waals surface area contributed by atoms with E-state index in [4.69, 9.17) is 16.7 Å². The highest BCUT2D eigenvalue weighted by Gasteiger charge is 2.55. The van der Waals surface area contributed by atoms with Gasteiger partial charge in [-0.25, -0.2) is 4.39 Å². The Morgan fingerprint density at radius 2 is 2.00 bits per heavy atom. The second-order valence-corrected chi connectivity index (χ2v) is 6.08. The standard InChI is InChI=1S/C14H13ClFNO3/c15-11-9(2-1-3-10(11)16)12(18)17-6-14(7-17)4-8(5-14)13(19)20/h1-3,8H,4-7H2,(H,19,20). The first-order chi connectivity index (χ1) is 9.42. The molecule has 1 aliphatic heterocycles. The van der Waals surface area contributed by atoms with Gasteiger partial charge in [0, 0.05) is 18.5 Å². The van der Waals surface area contributed by atoms with E-state index in [-0.39, 0.29) is 27.8 Å². The molecule has 1 heterocycles. The minimum atomic E-state index is -0.770. The van der Waals surface area contributed by atoms with E-state index < -0.39 is 11.8 Å². The predicted octanol–water partition coefficient (Wildman–Crippen LogP) is 2.42. The molecule has 4 nitrogen and oxygen atoms in total. The molecule has 1 saturated carbocycles. The first-order valence-corrected chi connectivity index (χ1v) is 6.76. The molecule has 1 N–H and O–H groups in total. The summed E-state index contributed by atoms with van der Waals surface area (Å²) in [4.78, 5) is 24.6. The monoisotopic (exact) mass is 297 g/mol. The number of nitrogens with zero attached hydrogens (tertiary/aromatic N) is 1. The Balaban J connectivity index is 1.65. The quantitative estimate of drug-likeness (QED) is 0.912. The molecule has 1 aliphatic carbocycles. The van der Waals surface area contributed by atoms with Crippen molar-refractivity contribution >= 4 is 23.5 Å².